The largest absolute Gasteiger partial charge is 0.495 e. The fraction of sp³-hybridized carbons (Fsp3) is 0.579. The average Bonchev–Trinajstić information content (AvgIpc) is 3.22. The summed E-state index contributed by atoms with van der Waals surface area (Å²) in [6, 6.07) is 5.41. The molecule has 1 aliphatic carbocycles. The number of carbonyl (C=O) groups is 2. The first-order chi connectivity index (χ1) is 12.0. The Balaban J connectivity index is 1.72. The minimum Gasteiger partial charge on any atom is -0.495 e. The zero-order valence-electron chi connectivity index (χ0n) is 14.8. The summed E-state index contributed by atoms with van der Waals surface area (Å²) in [5.41, 5.74) is 0.826. The van der Waals surface area contributed by atoms with Gasteiger partial charge in [0.15, 0.2) is 0 Å². The van der Waals surface area contributed by atoms with Crippen LogP contribution in [0.25, 0.3) is 0 Å². The second kappa shape index (κ2) is 7.24. The highest BCUT2D eigenvalue weighted by molar-refractivity contribution is 6.32. The zero-order valence-corrected chi connectivity index (χ0v) is 15.6. The van der Waals surface area contributed by atoms with Gasteiger partial charge in [-0.05, 0) is 30.5 Å². The van der Waals surface area contributed by atoms with Crippen molar-refractivity contribution in [2.75, 3.05) is 27.2 Å². The van der Waals surface area contributed by atoms with Crippen LogP contribution in [0.4, 0.5) is 0 Å². The lowest BCUT2D eigenvalue weighted by Crippen LogP contribution is -2.38. The smallest absolute Gasteiger partial charge is 0.227 e. The number of nitrogens with one attached hydrogen (secondary N) is 1. The van der Waals surface area contributed by atoms with Crippen molar-refractivity contribution >= 4 is 23.4 Å². The number of benzene rings is 1. The number of nitrogens with zero attached hydrogens (tertiary/aromatic N) is 1. The Hall–Kier alpha value is -1.75. The van der Waals surface area contributed by atoms with E-state index in [2.05, 4.69) is 5.32 Å². The van der Waals surface area contributed by atoms with Gasteiger partial charge in [0.2, 0.25) is 11.8 Å². The van der Waals surface area contributed by atoms with Gasteiger partial charge in [0, 0.05) is 25.6 Å². The molecule has 136 valence electrons. The lowest BCUT2D eigenvalue weighted by Gasteiger charge is -2.28. The number of likely N-dealkylation sites (tertiary alicyclic amines) is 1. The maximum atomic E-state index is 12.8. The van der Waals surface area contributed by atoms with Gasteiger partial charge in [0.25, 0.3) is 0 Å². The molecule has 1 heterocycles. The van der Waals surface area contributed by atoms with E-state index in [-0.39, 0.29) is 23.1 Å². The van der Waals surface area contributed by atoms with Crippen LogP contribution >= 0.6 is 11.6 Å². The van der Waals surface area contributed by atoms with Crippen molar-refractivity contribution in [3.8, 4) is 5.75 Å². The van der Waals surface area contributed by atoms with Crippen LogP contribution in [0.1, 0.15) is 31.2 Å². The van der Waals surface area contributed by atoms with Crippen LogP contribution < -0.4 is 10.1 Å². The summed E-state index contributed by atoms with van der Waals surface area (Å²) in [7, 11) is 3.24. The molecule has 25 heavy (non-hydrogen) atoms. The van der Waals surface area contributed by atoms with Gasteiger partial charge in [-0.25, -0.2) is 0 Å². The summed E-state index contributed by atoms with van der Waals surface area (Å²) in [4.78, 5) is 27.0. The van der Waals surface area contributed by atoms with Crippen molar-refractivity contribution in [1.29, 1.82) is 0 Å². The van der Waals surface area contributed by atoms with Crippen molar-refractivity contribution in [2.45, 2.75) is 32.1 Å². The second-order valence-electron chi connectivity index (χ2n) is 7.16. The fourth-order valence-corrected chi connectivity index (χ4v) is 4.67. The normalized spacial score (nSPS) is 21.6. The Bertz CT molecular complexity index is 671. The Labute approximate surface area is 153 Å². The third-order valence-electron chi connectivity index (χ3n) is 5.73. The molecule has 1 aromatic carbocycles. The molecule has 0 aromatic heterocycles. The lowest BCUT2D eigenvalue weighted by molar-refractivity contribution is -0.130. The van der Waals surface area contributed by atoms with E-state index in [4.69, 9.17) is 16.3 Å². The molecule has 2 amide bonds. The maximum Gasteiger partial charge on any atom is 0.227 e. The molecule has 0 bridgehead atoms. The van der Waals surface area contributed by atoms with Crippen molar-refractivity contribution in [2.24, 2.45) is 11.3 Å². The second-order valence-corrected chi connectivity index (χ2v) is 7.56. The van der Waals surface area contributed by atoms with E-state index in [0.717, 1.165) is 31.2 Å². The summed E-state index contributed by atoms with van der Waals surface area (Å²) in [5, 5.41) is 3.28. The number of carbonyl (C=O) groups excluding carboxylic acids is 2. The first-order valence-corrected chi connectivity index (χ1v) is 9.19. The first kappa shape index (κ1) is 18.1. The number of amides is 2. The minimum atomic E-state index is -0.0941. The van der Waals surface area contributed by atoms with Crippen LogP contribution in [0.2, 0.25) is 5.02 Å². The molecule has 1 saturated carbocycles. The van der Waals surface area contributed by atoms with Crippen molar-refractivity contribution in [3.63, 3.8) is 0 Å². The van der Waals surface area contributed by atoms with Crippen molar-refractivity contribution in [1.82, 2.24) is 10.2 Å². The standard InChI is InChI=1S/C19H25ClN2O3/c1-21-18(24)14-11-22(12-19(14)7-3-4-8-19)17(23)10-13-5-6-16(25-2)15(20)9-13/h5-6,9,14H,3-4,7-8,10-12H2,1-2H3,(H,21,24)/t14-/m0/s1. The van der Waals surface area contributed by atoms with Crippen LogP contribution in [0.15, 0.2) is 18.2 Å². The Morgan fingerprint density at radius 2 is 2.08 bits per heavy atom. The van der Waals surface area contributed by atoms with Crippen LogP contribution in [0, 0.1) is 11.3 Å². The molecule has 1 N–H and O–H groups in total. The molecule has 3 rings (SSSR count). The predicted molar refractivity (Wildman–Crippen MR) is 96.7 cm³/mol. The maximum absolute atomic E-state index is 12.8. The van der Waals surface area contributed by atoms with E-state index in [1.807, 2.05) is 11.0 Å². The van der Waals surface area contributed by atoms with Gasteiger partial charge in [-0.2, -0.15) is 0 Å². The molecule has 1 atom stereocenters. The molecule has 5 nitrogen and oxygen atoms in total. The van der Waals surface area contributed by atoms with E-state index in [9.17, 15) is 9.59 Å². The highest BCUT2D eigenvalue weighted by Crippen LogP contribution is 2.49. The lowest BCUT2D eigenvalue weighted by atomic mass is 9.76. The fourth-order valence-electron chi connectivity index (χ4n) is 4.39. The number of hydrogen-bond acceptors (Lipinski definition) is 3. The summed E-state index contributed by atoms with van der Waals surface area (Å²) in [6.45, 7) is 1.20. The van der Waals surface area contributed by atoms with Gasteiger partial charge in [-0.1, -0.05) is 30.5 Å². The van der Waals surface area contributed by atoms with Crippen molar-refractivity contribution in [3.05, 3.63) is 28.8 Å². The Morgan fingerprint density at radius 3 is 2.68 bits per heavy atom. The molecule has 1 saturated heterocycles. The van der Waals surface area contributed by atoms with Crippen LogP contribution in [0.3, 0.4) is 0 Å². The van der Waals surface area contributed by atoms with Gasteiger partial charge in [-0.3, -0.25) is 9.59 Å². The number of ether oxygens (including phenoxy) is 1. The van der Waals surface area contributed by atoms with Gasteiger partial charge >= 0.3 is 0 Å². The van der Waals surface area contributed by atoms with Crippen LogP contribution in [-0.4, -0.2) is 44.0 Å². The summed E-state index contributed by atoms with van der Waals surface area (Å²) >= 11 is 6.15. The molecule has 0 radical (unpaired) electrons. The summed E-state index contributed by atoms with van der Waals surface area (Å²) in [5.74, 6) is 0.621. The zero-order chi connectivity index (χ0) is 18.0. The van der Waals surface area contributed by atoms with Gasteiger partial charge in [-0.15, -0.1) is 0 Å². The molecular formula is C19H25ClN2O3. The highest BCUT2D eigenvalue weighted by Gasteiger charge is 2.51. The molecule has 2 aliphatic rings. The number of hydrogen-bond donors (Lipinski definition) is 1. The molecule has 6 heteroatoms. The van der Waals surface area contributed by atoms with E-state index >= 15 is 0 Å². The number of halogens is 1. The number of methoxy groups -OCH3 is 1. The number of rotatable bonds is 4. The third-order valence-corrected chi connectivity index (χ3v) is 6.03. The van der Waals surface area contributed by atoms with Crippen molar-refractivity contribution < 1.29 is 14.3 Å². The monoisotopic (exact) mass is 364 g/mol. The third kappa shape index (κ3) is 3.47. The van der Waals surface area contributed by atoms with Gasteiger partial charge in [0.1, 0.15) is 5.75 Å². The van der Waals surface area contributed by atoms with E-state index in [1.54, 1.807) is 26.3 Å². The molecule has 0 unspecified atom stereocenters. The average molecular weight is 365 g/mol. The van der Waals surface area contributed by atoms with E-state index < -0.39 is 0 Å². The predicted octanol–water partition coefficient (Wildman–Crippen LogP) is 2.66. The van der Waals surface area contributed by atoms with Crippen LogP contribution in [-0.2, 0) is 16.0 Å². The molecule has 1 aromatic rings. The topological polar surface area (TPSA) is 58.6 Å². The summed E-state index contributed by atoms with van der Waals surface area (Å²) < 4.78 is 5.15. The highest BCUT2D eigenvalue weighted by atomic mass is 35.5. The van der Waals surface area contributed by atoms with Gasteiger partial charge < -0.3 is 15.0 Å². The molecule has 1 aliphatic heterocycles. The van der Waals surface area contributed by atoms with E-state index in [0.29, 0.717) is 30.3 Å². The Morgan fingerprint density at radius 1 is 1.36 bits per heavy atom. The summed E-state index contributed by atoms with van der Waals surface area (Å²) in [6.07, 6.45) is 4.64. The molecule has 1 spiro atoms. The Kier molecular flexibility index (Phi) is 5.23. The SMILES string of the molecule is CNC(=O)[C@@H]1CN(C(=O)Cc2ccc(OC)c(Cl)c2)CC12CCCC2. The van der Waals surface area contributed by atoms with Crippen LogP contribution in [0.5, 0.6) is 5.75 Å². The quantitative estimate of drug-likeness (QED) is 0.893. The minimum absolute atomic E-state index is 0.0344. The van der Waals surface area contributed by atoms with Gasteiger partial charge in [0.05, 0.1) is 24.5 Å². The molecular weight excluding hydrogens is 340 g/mol. The van der Waals surface area contributed by atoms with E-state index in [1.165, 1.54) is 0 Å². The first-order valence-electron chi connectivity index (χ1n) is 8.81. The molecule has 2 fully saturated rings.